The second-order valence-corrected chi connectivity index (χ2v) is 6.53. The molecule has 7 heteroatoms. The number of ether oxygens (including phenoxy) is 2. The number of nitrogens with zero attached hydrogens (tertiary/aromatic N) is 1. The first kappa shape index (κ1) is 15.8. The normalized spacial score (nSPS) is 18.0. The van der Waals surface area contributed by atoms with Gasteiger partial charge < -0.3 is 19.4 Å². The first-order valence-corrected chi connectivity index (χ1v) is 7.91. The molecule has 1 aromatic rings. The summed E-state index contributed by atoms with van der Waals surface area (Å²) < 4.78 is 24.1. The maximum Gasteiger partial charge on any atom is 0.384 e. The summed E-state index contributed by atoms with van der Waals surface area (Å²) in [6, 6.07) is 4.31. The molecule has 0 radical (unpaired) electrons. The van der Waals surface area contributed by atoms with E-state index >= 15 is 0 Å². The highest BCUT2D eigenvalue weighted by atomic mass is 32.2. The van der Waals surface area contributed by atoms with E-state index in [1.807, 2.05) is 13.8 Å². The highest BCUT2D eigenvalue weighted by Gasteiger charge is 2.25. The zero-order valence-corrected chi connectivity index (χ0v) is 13.2. The molecular weight excluding hydrogens is 292 g/mol. The molecule has 1 heterocycles. The minimum atomic E-state index is -1.62. The molecule has 0 aliphatic carbocycles. The molecule has 2 atom stereocenters. The van der Waals surface area contributed by atoms with E-state index in [1.165, 1.54) is 11.0 Å². The van der Waals surface area contributed by atoms with Gasteiger partial charge in [-0.3, -0.25) is 3.95 Å². The summed E-state index contributed by atoms with van der Waals surface area (Å²) >= 11 is 0. The van der Waals surface area contributed by atoms with Gasteiger partial charge in [-0.1, -0.05) is 31.2 Å². The van der Waals surface area contributed by atoms with Crippen LogP contribution < -0.4 is 15.2 Å². The van der Waals surface area contributed by atoms with Crippen LogP contribution in [0, 0.1) is 5.92 Å². The fourth-order valence-corrected chi connectivity index (χ4v) is 2.93. The van der Waals surface area contributed by atoms with Crippen molar-refractivity contribution in [3.8, 4) is 11.5 Å². The van der Waals surface area contributed by atoms with Crippen LogP contribution in [0.5, 0.6) is 11.5 Å². The summed E-state index contributed by atoms with van der Waals surface area (Å²) in [4.78, 5) is 12.7. The lowest BCUT2D eigenvalue weighted by atomic mass is 10.00. The number of carbonyl (C=O) groups is 1. The average Bonchev–Trinajstić information content (AvgIpc) is 2.98. The Balaban J connectivity index is 2.30. The van der Waals surface area contributed by atoms with Gasteiger partial charge in [0.2, 0.25) is 6.79 Å². The highest BCUT2D eigenvalue weighted by Crippen LogP contribution is 2.32. The minimum absolute atomic E-state index is 0.0358. The predicted octanol–water partition coefficient (Wildman–Crippen LogP) is 1.46. The van der Waals surface area contributed by atoms with E-state index in [-0.39, 0.29) is 18.6 Å². The smallest absolute Gasteiger partial charge is 0.384 e. The van der Waals surface area contributed by atoms with Crippen molar-refractivity contribution in [3.63, 3.8) is 0 Å². The lowest BCUT2D eigenvalue weighted by Gasteiger charge is -2.15. The molecule has 1 amide bonds. The quantitative estimate of drug-likeness (QED) is 0.672. The lowest BCUT2D eigenvalue weighted by molar-refractivity contribution is -0.398. The van der Waals surface area contributed by atoms with Crippen LogP contribution in [0.4, 0.5) is 0 Å². The first-order chi connectivity index (χ1) is 9.95. The molecule has 0 saturated heterocycles. The van der Waals surface area contributed by atoms with Gasteiger partial charge in [-0.15, -0.1) is 0 Å². The van der Waals surface area contributed by atoms with Gasteiger partial charge in [0.15, 0.2) is 11.5 Å². The SMILES string of the molecule is CC[C@H](C)[C@H](N)C(=O)[N+](C)=[S-](=O)c1ccc2c(c1)OCO2. The standard InChI is InChI=1S/C14H20N2O4S/c1-4-9(2)13(15)14(17)16(3)21(18)10-5-6-11-12(7-10)20-8-19-11/h5-7,9,13H,4,8,15H2,1-3H3/t9-,13-/m0/s1. The number of hydrogen-bond acceptors (Lipinski definition) is 6. The number of nitrogens with two attached hydrogens (primary N) is 1. The van der Waals surface area contributed by atoms with Gasteiger partial charge in [-0.25, -0.2) is 4.79 Å². The number of fused-ring (bicyclic) bond motifs is 1. The Morgan fingerprint density at radius 3 is 2.76 bits per heavy atom. The van der Waals surface area contributed by atoms with Crippen molar-refractivity contribution in [1.82, 2.24) is 0 Å². The van der Waals surface area contributed by atoms with Crippen LogP contribution in [0.25, 0.3) is 0 Å². The van der Waals surface area contributed by atoms with Gasteiger partial charge in [0.1, 0.15) is 13.1 Å². The van der Waals surface area contributed by atoms with Crippen LogP contribution in [0.15, 0.2) is 23.1 Å². The molecule has 116 valence electrons. The van der Waals surface area contributed by atoms with Crippen molar-refractivity contribution < 1.29 is 22.4 Å². The van der Waals surface area contributed by atoms with Gasteiger partial charge >= 0.3 is 5.91 Å². The van der Waals surface area contributed by atoms with Crippen LogP contribution in [-0.4, -0.2) is 29.7 Å². The van der Waals surface area contributed by atoms with E-state index < -0.39 is 16.6 Å². The van der Waals surface area contributed by atoms with Crippen molar-refractivity contribution in [3.05, 3.63) is 18.2 Å². The number of hydrogen-bond donors (Lipinski definition) is 1. The molecule has 21 heavy (non-hydrogen) atoms. The number of amides is 1. The lowest BCUT2D eigenvalue weighted by Crippen LogP contribution is -2.42. The Morgan fingerprint density at radius 1 is 1.43 bits per heavy atom. The number of carbonyl (C=O) groups excluding carboxylic acids is 1. The molecule has 0 unspecified atom stereocenters. The Labute approximate surface area is 126 Å². The molecule has 6 nitrogen and oxygen atoms in total. The Morgan fingerprint density at radius 2 is 2.10 bits per heavy atom. The van der Waals surface area contributed by atoms with E-state index in [1.54, 1.807) is 18.2 Å². The maximum atomic E-state index is 12.5. The van der Waals surface area contributed by atoms with Gasteiger partial charge in [0, 0.05) is 10.6 Å². The predicted molar refractivity (Wildman–Crippen MR) is 77.5 cm³/mol. The van der Waals surface area contributed by atoms with Gasteiger partial charge in [-0.2, -0.15) is 0 Å². The topological polar surface area (TPSA) is 81.6 Å². The summed E-state index contributed by atoms with van der Waals surface area (Å²) in [6.45, 7) is 4.02. The summed E-state index contributed by atoms with van der Waals surface area (Å²) in [7, 11) is -0.130. The average molecular weight is 312 g/mol. The molecule has 0 aromatic heterocycles. The number of benzene rings is 1. The van der Waals surface area contributed by atoms with E-state index in [0.717, 1.165) is 6.42 Å². The third kappa shape index (κ3) is 3.19. The Hall–Kier alpha value is -1.60. The second-order valence-electron chi connectivity index (χ2n) is 5.01. The van der Waals surface area contributed by atoms with Crippen molar-refractivity contribution in [2.75, 3.05) is 13.8 Å². The Kier molecular flexibility index (Phi) is 4.84. The molecule has 1 aromatic carbocycles. The van der Waals surface area contributed by atoms with Crippen molar-refractivity contribution in [1.29, 1.82) is 0 Å². The van der Waals surface area contributed by atoms with E-state index in [2.05, 4.69) is 0 Å². The molecule has 2 N–H and O–H groups in total. The molecule has 2 rings (SSSR count). The third-order valence-corrected chi connectivity index (χ3v) is 4.98. The molecule has 0 saturated carbocycles. The molecule has 1 aliphatic rings. The largest absolute Gasteiger partial charge is 0.454 e. The molecule has 0 bridgehead atoms. The van der Waals surface area contributed by atoms with Crippen molar-refractivity contribution in [2.45, 2.75) is 31.2 Å². The summed E-state index contributed by atoms with van der Waals surface area (Å²) in [5, 5.41) is 0. The number of likely N-dealkylation sites (N-methyl/N-ethyl adjacent to an activating group) is 1. The van der Waals surface area contributed by atoms with Crippen LogP contribution in [0.3, 0.4) is 0 Å². The highest BCUT2D eigenvalue weighted by molar-refractivity contribution is 7.72. The van der Waals surface area contributed by atoms with Gasteiger partial charge in [-0.05, 0) is 18.1 Å². The van der Waals surface area contributed by atoms with E-state index in [9.17, 15) is 9.00 Å². The van der Waals surface area contributed by atoms with Crippen LogP contribution in [0.2, 0.25) is 0 Å². The molecule has 0 spiro atoms. The maximum absolute atomic E-state index is 12.5. The van der Waals surface area contributed by atoms with Gasteiger partial charge in [0.05, 0.1) is 0 Å². The molecule has 1 aliphatic heterocycles. The zero-order valence-electron chi connectivity index (χ0n) is 12.4. The van der Waals surface area contributed by atoms with Gasteiger partial charge in [0.25, 0.3) is 0 Å². The van der Waals surface area contributed by atoms with Crippen LogP contribution in [-0.2, 0) is 19.6 Å². The van der Waals surface area contributed by atoms with Crippen LogP contribution in [0.1, 0.15) is 20.3 Å². The molecular formula is C14H20N2O4S. The number of rotatable bonds is 4. The van der Waals surface area contributed by atoms with Crippen LogP contribution >= 0.6 is 0 Å². The van der Waals surface area contributed by atoms with Crippen molar-refractivity contribution in [2.24, 2.45) is 11.7 Å². The monoisotopic (exact) mass is 312 g/mol. The van der Waals surface area contributed by atoms with E-state index in [4.69, 9.17) is 15.2 Å². The Bertz CT molecular complexity index is 638. The fourth-order valence-electron chi connectivity index (χ4n) is 1.93. The minimum Gasteiger partial charge on any atom is -0.454 e. The second kappa shape index (κ2) is 6.44. The zero-order chi connectivity index (χ0) is 15.6. The fraction of sp³-hybridized carbons (Fsp3) is 0.500. The summed E-state index contributed by atoms with van der Waals surface area (Å²) in [5.74, 6) is 0.850. The van der Waals surface area contributed by atoms with E-state index in [0.29, 0.717) is 16.4 Å². The van der Waals surface area contributed by atoms with Crippen molar-refractivity contribution >= 4 is 16.5 Å². The summed E-state index contributed by atoms with van der Waals surface area (Å²) in [6.07, 6.45) is 0.789. The summed E-state index contributed by atoms with van der Waals surface area (Å²) in [5.41, 5.74) is 5.91. The third-order valence-electron chi connectivity index (χ3n) is 3.65. The molecule has 0 fully saturated rings. The first-order valence-electron chi connectivity index (χ1n) is 6.80.